The zero-order chi connectivity index (χ0) is 17.8. The van der Waals surface area contributed by atoms with Crippen molar-refractivity contribution in [2.24, 2.45) is 5.92 Å². The monoisotopic (exact) mass is 353 g/mol. The molecule has 1 aliphatic carbocycles. The van der Waals surface area contributed by atoms with Gasteiger partial charge in [-0.1, -0.05) is 35.5 Å². The lowest BCUT2D eigenvalue weighted by Crippen LogP contribution is -2.35. The lowest BCUT2D eigenvalue weighted by molar-refractivity contribution is -0.122. The normalized spacial score (nSPS) is 18.8. The average Bonchev–Trinajstić information content (AvgIpc) is 3.41. The summed E-state index contributed by atoms with van der Waals surface area (Å²) in [5.41, 5.74) is 2.19. The third-order valence-corrected chi connectivity index (χ3v) is 5.45. The largest absolute Gasteiger partial charge is 0.361 e. The van der Waals surface area contributed by atoms with E-state index in [2.05, 4.69) is 45.7 Å². The molecule has 0 spiro atoms. The van der Waals surface area contributed by atoms with Gasteiger partial charge in [0.15, 0.2) is 0 Å². The van der Waals surface area contributed by atoms with Gasteiger partial charge in [-0.05, 0) is 50.3 Å². The Labute approximate surface area is 154 Å². The molecule has 2 aliphatic rings. The van der Waals surface area contributed by atoms with Gasteiger partial charge in [0.2, 0.25) is 5.91 Å². The van der Waals surface area contributed by atoms with E-state index in [1.807, 2.05) is 6.07 Å². The van der Waals surface area contributed by atoms with Crippen LogP contribution in [0.3, 0.4) is 0 Å². The van der Waals surface area contributed by atoms with Crippen LogP contribution < -0.4 is 5.32 Å². The molecule has 1 saturated heterocycles. The van der Waals surface area contributed by atoms with Crippen molar-refractivity contribution in [3.05, 3.63) is 53.4 Å². The molecule has 1 saturated carbocycles. The van der Waals surface area contributed by atoms with Gasteiger partial charge >= 0.3 is 0 Å². The fourth-order valence-electron chi connectivity index (χ4n) is 3.69. The lowest BCUT2D eigenvalue weighted by atomic mass is 9.93. The number of nitrogens with zero attached hydrogens (tertiary/aromatic N) is 2. The Bertz CT molecular complexity index is 716. The van der Waals surface area contributed by atoms with Crippen LogP contribution in [0.5, 0.6) is 0 Å². The molecule has 138 valence electrons. The predicted octanol–water partition coefficient (Wildman–Crippen LogP) is 3.47. The molecule has 5 heteroatoms. The van der Waals surface area contributed by atoms with Crippen LogP contribution in [0.2, 0.25) is 0 Å². The number of hydrogen-bond acceptors (Lipinski definition) is 4. The van der Waals surface area contributed by atoms with E-state index in [4.69, 9.17) is 4.52 Å². The Morgan fingerprint density at radius 2 is 1.92 bits per heavy atom. The van der Waals surface area contributed by atoms with Crippen molar-refractivity contribution in [2.75, 3.05) is 13.1 Å². The van der Waals surface area contributed by atoms with Crippen molar-refractivity contribution in [3.8, 4) is 0 Å². The van der Waals surface area contributed by atoms with Crippen molar-refractivity contribution in [1.29, 1.82) is 0 Å². The Balaban J connectivity index is 1.16. The third kappa shape index (κ3) is 4.73. The molecule has 0 radical (unpaired) electrons. The van der Waals surface area contributed by atoms with Crippen molar-refractivity contribution in [1.82, 2.24) is 15.4 Å². The zero-order valence-electron chi connectivity index (χ0n) is 15.2. The summed E-state index contributed by atoms with van der Waals surface area (Å²) >= 11 is 0. The highest BCUT2D eigenvalue weighted by atomic mass is 16.5. The van der Waals surface area contributed by atoms with E-state index in [0.717, 1.165) is 43.9 Å². The van der Waals surface area contributed by atoms with Gasteiger partial charge in [-0.2, -0.15) is 0 Å². The number of benzene rings is 1. The number of aromatic nitrogens is 1. The van der Waals surface area contributed by atoms with E-state index in [-0.39, 0.29) is 5.91 Å². The van der Waals surface area contributed by atoms with Crippen LogP contribution in [0.1, 0.15) is 55.0 Å². The van der Waals surface area contributed by atoms with Gasteiger partial charge in [-0.15, -0.1) is 0 Å². The van der Waals surface area contributed by atoms with Crippen molar-refractivity contribution < 1.29 is 9.32 Å². The van der Waals surface area contributed by atoms with Crippen LogP contribution in [0.15, 0.2) is 40.9 Å². The molecule has 2 heterocycles. The third-order valence-electron chi connectivity index (χ3n) is 5.45. The number of carbonyl (C=O) groups excluding carboxylic acids is 1. The number of likely N-dealkylation sites (tertiary alicyclic amines) is 1. The summed E-state index contributed by atoms with van der Waals surface area (Å²) in [5, 5.41) is 7.04. The maximum absolute atomic E-state index is 12.2. The zero-order valence-corrected chi connectivity index (χ0v) is 15.2. The molecular weight excluding hydrogens is 326 g/mol. The molecule has 1 amide bonds. The molecule has 1 N–H and O–H groups in total. The van der Waals surface area contributed by atoms with E-state index in [1.54, 1.807) is 0 Å². The first-order valence-corrected chi connectivity index (χ1v) is 9.75. The summed E-state index contributed by atoms with van der Waals surface area (Å²) in [7, 11) is 0. The van der Waals surface area contributed by atoms with E-state index in [9.17, 15) is 4.79 Å². The summed E-state index contributed by atoms with van der Waals surface area (Å²) in [6.45, 7) is 3.62. The van der Waals surface area contributed by atoms with Gasteiger partial charge in [-0.25, -0.2) is 0 Å². The topological polar surface area (TPSA) is 58.4 Å². The smallest absolute Gasteiger partial charge is 0.220 e. The molecule has 0 bridgehead atoms. The summed E-state index contributed by atoms with van der Waals surface area (Å²) in [6, 6.07) is 12.6. The van der Waals surface area contributed by atoms with Crippen molar-refractivity contribution >= 4 is 5.91 Å². The first kappa shape index (κ1) is 17.3. The van der Waals surface area contributed by atoms with Crippen molar-refractivity contribution in [2.45, 2.75) is 51.1 Å². The summed E-state index contributed by atoms with van der Waals surface area (Å²) in [6.07, 6.45) is 5.20. The van der Waals surface area contributed by atoms with Gasteiger partial charge in [0, 0.05) is 24.9 Å². The van der Waals surface area contributed by atoms with Gasteiger partial charge in [0.25, 0.3) is 0 Å². The molecule has 0 atom stereocenters. The second kappa shape index (κ2) is 8.04. The van der Waals surface area contributed by atoms with Gasteiger partial charge in [0.05, 0.1) is 6.54 Å². The molecule has 1 aromatic carbocycles. The Morgan fingerprint density at radius 3 is 2.65 bits per heavy atom. The average molecular weight is 353 g/mol. The molecule has 0 unspecified atom stereocenters. The Kier molecular flexibility index (Phi) is 5.34. The highest BCUT2D eigenvalue weighted by Gasteiger charge is 2.28. The van der Waals surface area contributed by atoms with Crippen LogP contribution >= 0.6 is 0 Å². The van der Waals surface area contributed by atoms with Crippen LogP contribution in [0.25, 0.3) is 0 Å². The minimum Gasteiger partial charge on any atom is -0.361 e. The number of piperidine rings is 1. The SMILES string of the molecule is O=C(CC1CCN(Cc2ccccc2)CC1)NCc1cc(C2CC2)on1. The fourth-order valence-corrected chi connectivity index (χ4v) is 3.69. The first-order valence-electron chi connectivity index (χ1n) is 9.75. The molecule has 4 rings (SSSR count). The van der Waals surface area contributed by atoms with E-state index >= 15 is 0 Å². The fraction of sp³-hybridized carbons (Fsp3) is 0.524. The van der Waals surface area contributed by atoms with E-state index < -0.39 is 0 Å². The molecular formula is C21H27N3O2. The molecule has 2 aromatic rings. The number of carbonyl (C=O) groups is 1. The number of amides is 1. The summed E-state index contributed by atoms with van der Waals surface area (Å²) in [4.78, 5) is 14.7. The molecule has 1 aromatic heterocycles. The molecule has 26 heavy (non-hydrogen) atoms. The number of nitrogens with one attached hydrogen (secondary N) is 1. The first-order chi connectivity index (χ1) is 12.8. The van der Waals surface area contributed by atoms with E-state index in [1.165, 1.54) is 18.4 Å². The highest BCUT2D eigenvalue weighted by Crippen LogP contribution is 2.40. The van der Waals surface area contributed by atoms with Crippen molar-refractivity contribution in [3.63, 3.8) is 0 Å². The summed E-state index contributed by atoms with van der Waals surface area (Å²) < 4.78 is 5.32. The van der Waals surface area contributed by atoms with Gasteiger partial charge in [0.1, 0.15) is 11.5 Å². The second-order valence-corrected chi connectivity index (χ2v) is 7.68. The van der Waals surface area contributed by atoms with Crippen LogP contribution in [0, 0.1) is 5.92 Å². The predicted molar refractivity (Wildman–Crippen MR) is 99.4 cm³/mol. The van der Waals surface area contributed by atoms with Crippen LogP contribution in [-0.2, 0) is 17.9 Å². The Hall–Kier alpha value is -2.14. The minimum atomic E-state index is 0.127. The van der Waals surface area contributed by atoms with Gasteiger partial charge < -0.3 is 9.84 Å². The minimum absolute atomic E-state index is 0.127. The highest BCUT2D eigenvalue weighted by molar-refractivity contribution is 5.76. The van der Waals surface area contributed by atoms with Gasteiger partial charge in [-0.3, -0.25) is 9.69 Å². The maximum Gasteiger partial charge on any atom is 0.220 e. The molecule has 1 aliphatic heterocycles. The Morgan fingerprint density at radius 1 is 1.15 bits per heavy atom. The molecule has 5 nitrogen and oxygen atoms in total. The molecule has 2 fully saturated rings. The maximum atomic E-state index is 12.2. The summed E-state index contributed by atoms with van der Waals surface area (Å²) in [5.74, 6) is 2.15. The van der Waals surface area contributed by atoms with Crippen LogP contribution in [-0.4, -0.2) is 29.1 Å². The van der Waals surface area contributed by atoms with E-state index in [0.29, 0.717) is 24.8 Å². The number of hydrogen-bond donors (Lipinski definition) is 1. The second-order valence-electron chi connectivity index (χ2n) is 7.68. The number of rotatable bonds is 7. The quantitative estimate of drug-likeness (QED) is 0.828. The van der Waals surface area contributed by atoms with Crippen LogP contribution in [0.4, 0.5) is 0 Å². The lowest BCUT2D eigenvalue weighted by Gasteiger charge is -2.31. The standard InChI is InChI=1S/C21H27N3O2/c25-21(22-14-19-13-20(26-23-19)18-6-7-18)12-16-8-10-24(11-9-16)15-17-4-2-1-3-5-17/h1-5,13,16,18H,6-12,14-15H2,(H,22,25).